The summed E-state index contributed by atoms with van der Waals surface area (Å²) in [6.07, 6.45) is 0.565. The molecule has 114 valence electrons. The lowest BCUT2D eigenvalue weighted by Crippen LogP contribution is -2.58. The van der Waals surface area contributed by atoms with Crippen LogP contribution in [0, 0.1) is 6.92 Å². The van der Waals surface area contributed by atoms with Crippen LogP contribution in [-0.4, -0.2) is 48.3 Å². The molecule has 6 nitrogen and oxygen atoms in total. The summed E-state index contributed by atoms with van der Waals surface area (Å²) >= 11 is 1.39. The summed E-state index contributed by atoms with van der Waals surface area (Å²) < 4.78 is 0. The van der Waals surface area contributed by atoms with E-state index in [-0.39, 0.29) is 24.3 Å². The Morgan fingerprint density at radius 1 is 1.48 bits per heavy atom. The van der Waals surface area contributed by atoms with E-state index in [1.165, 1.54) is 11.3 Å². The fourth-order valence-corrected chi connectivity index (χ4v) is 3.10. The van der Waals surface area contributed by atoms with Crippen LogP contribution < -0.4 is 10.6 Å². The lowest BCUT2D eigenvalue weighted by Gasteiger charge is -2.34. The second-order valence-corrected chi connectivity index (χ2v) is 6.18. The van der Waals surface area contributed by atoms with Crippen LogP contribution in [0.3, 0.4) is 0 Å². The van der Waals surface area contributed by atoms with Crippen LogP contribution in [0.1, 0.15) is 27.9 Å². The molecule has 1 aromatic rings. The maximum Gasteiger partial charge on any atom is 0.261 e. The van der Waals surface area contributed by atoms with Gasteiger partial charge in [0, 0.05) is 18.0 Å². The van der Waals surface area contributed by atoms with Gasteiger partial charge in [0.15, 0.2) is 0 Å². The van der Waals surface area contributed by atoms with Gasteiger partial charge in [0.05, 0.1) is 11.4 Å². The Morgan fingerprint density at radius 3 is 2.86 bits per heavy atom. The molecule has 1 unspecified atom stereocenters. The van der Waals surface area contributed by atoms with E-state index in [9.17, 15) is 14.4 Å². The molecule has 1 aromatic heterocycles. The monoisotopic (exact) mass is 309 g/mol. The van der Waals surface area contributed by atoms with Crippen molar-refractivity contribution in [1.82, 2.24) is 15.5 Å². The Balaban J connectivity index is 1.91. The van der Waals surface area contributed by atoms with Gasteiger partial charge in [-0.25, -0.2) is 0 Å². The highest BCUT2D eigenvalue weighted by molar-refractivity contribution is 7.13. The third-order valence-electron chi connectivity index (χ3n) is 3.40. The van der Waals surface area contributed by atoms with E-state index in [2.05, 4.69) is 10.6 Å². The SMILES string of the molecule is CCC1C(=O)NCCN1C(=O)CNC(=O)c1ccc(C)s1. The molecule has 1 fully saturated rings. The third kappa shape index (κ3) is 3.60. The van der Waals surface area contributed by atoms with Crippen molar-refractivity contribution in [2.45, 2.75) is 26.3 Å². The molecular weight excluding hydrogens is 290 g/mol. The first-order valence-corrected chi connectivity index (χ1v) is 7.76. The molecule has 0 spiro atoms. The second-order valence-electron chi connectivity index (χ2n) is 4.90. The molecule has 1 aliphatic heterocycles. The molecule has 2 N–H and O–H groups in total. The molecule has 2 heterocycles. The standard InChI is InChI=1S/C14H19N3O3S/c1-3-10-13(19)15-6-7-17(10)12(18)8-16-14(20)11-5-4-9(2)21-11/h4-5,10H,3,6-8H2,1-2H3,(H,15,19)(H,16,20). The fraction of sp³-hybridized carbons (Fsp3) is 0.500. The zero-order chi connectivity index (χ0) is 15.4. The van der Waals surface area contributed by atoms with Crippen molar-refractivity contribution in [1.29, 1.82) is 0 Å². The molecule has 21 heavy (non-hydrogen) atoms. The van der Waals surface area contributed by atoms with Crippen molar-refractivity contribution in [3.63, 3.8) is 0 Å². The number of piperazine rings is 1. The smallest absolute Gasteiger partial charge is 0.261 e. The fourth-order valence-electron chi connectivity index (χ4n) is 2.32. The van der Waals surface area contributed by atoms with Crippen LogP contribution in [0.25, 0.3) is 0 Å². The molecule has 2 rings (SSSR count). The minimum Gasteiger partial charge on any atom is -0.353 e. The van der Waals surface area contributed by atoms with Gasteiger partial charge in [-0.15, -0.1) is 11.3 Å². The van der Waals surface area contributed by atoms with E-state index < -0.39 is 6.04 Å². The first-order chi connectivity index (χ1) is 10.0. The molecule has 0 bridgehead atoms. The maximum absolute atomic E-state index is 12.2. The van der Waals surface area contributed by atoms with Crippen molar-refractivity contribution in [3.05, 3.63) is 21.9 Å². The number of nitrogens with zero attached hydrogens (tertiary/aromatic N) is 1. The maximum atomic E-state index is 12.2. The van der Waals surface area contributed by atoms with Crippen molar-refractivity contribution < 1.29 is 14.4 Å². The average Bonchev–Trinajstić information content (AvgIpc) is 2.90. The van der Waals surface area contributed by atoms with E-state index in [1.807, 2.05) is 19.9 Å². The molecule has 1 saturated heterocycles. The van der Waals surface area contributed by atoms with Gasteiger partial charge in [0.2, 0.25) is 11.8 Å². The molecule has 1 atom stereocenters. The highest BCUT2D eigenvalue weighted by Crippen LogP contribution is 2.14. The number of hydrogen-bond donors (Lipinski definition) is 2. The summed E-state index contributed by atoms with van der Waals surface area (Å²) in [5.41, 5.74) is 0. The summed E-state index contributed by atoms with van der Waals surface area (Å²) in [7, 11) is 0. The van der Waals surface area contributed by atoms with Gasteiger partial charge in [-0.05, 0) is 25.5 Å². The zero-order valence-electron chi connectivity index (χ0n) is 12.1. The van der Waals surface area contributed by atoms with Crippen LogP contribution in [0.15, 0.2) is 12.1 Å². The number of aryl methyl sites for hydroxylation is 1. The van der Waals surface area contributed by atoms with Crippen LogP contribution in [0.4, 0.5) is 0 Å². The second kappa shape index (κ2) is 6.71. The number of thiophene rings is 1. The van der Waals surface area contributed by atoms with Crippen LogP contribution in [0.2, 0.25) is 0 Å². The minimum atomic E-state index is -0.438. The van der Waals surface area contributed by atoms with Gasteiger partial charge in [0.25, 0.3) is 5.91 Å². The number of nitrogens with one attached hydrogen (secondary N) is 2. The Bertz CT molecular complexity index is 555. The van der Waals surface area contributed by atoms with E-state index in [0.717, 1.165) is 4.88 Å². The van der Waals surface area contributed by atoms with Gasteiger partial charge in [-0.1, -0.05) is 6.92 Å². The Hall–Kier alpha value is -1.89. The molecule has 0 aliphatic carbocycles. The highest BCUT2D eigenvalue weighted by atomic mass is 32.1. The molecule has 0 saturated carbocycles. The lowest BCUT2D eigenvalue weighted by molar-refractivity contribution is -0.142. The van der Waals surface area contributed by atoms with Crippen molar-refractivity contribution >= 4 is 29.1 Å². The topological polar surface area (TPSA) is 78.5 Å². The lowest BCUT2D eigenvalue weighted by atomic mass is 10.1. The Morgan fingerprint density at radius 2 is 2.24 bits per heavy atom. The van der Waals surface area contributed by atoms with Crippen molar-refractivity contribution in [2.75, 3.05) is 19.6 Å². The zero-order valence-corrected chi connectivity index (χ0v) is 13.0. The van der Waals surface area contributed by atoms with Gasteiger partial charge in [-0.2, -0.15) is 0 Å². The molecular formula is C14H19N3O3S. The number of carbonyl (C=O) groups excluding carboxylic acids is 3. The number of amides is 3. The van der Waals surface area contributed by atoms with E-state index in [4.69, 9.17) is 0 Å². The Labute approximate surface area is 127 Å². The Kier molecular flexibility index (Phi) is 4.95. The molecule has 7 heteroatoms. The van der Waals surface area contributed by atoms with Crippen molar-refractivity contribution in [3.8, 4) is 0 Å². The quantitative estimate of drug-likeness (QED) is 0.851. The molecule has 0 radical (unpaired) electrons. The number of hydrogen-bond acceptors (Lipinski definition) is 4. The minimum absolute atomic E-state index is 0.0838. The summed E-state index contributed by atoms with van der Waals surface area (Å²) in [5, 5.41) is 5.36. The number of rotatable bonds is 4. The van der Waals surface area contributed by atoms with E-state index in [1.54, 1.807) is 11.0 Å². The van der Waals surface area contributed by atoms with Crippen LogP contribution >= 0.6 is 11.3 Å². The number of carbonyl (C=O) groups is 3. The average molecular weight is 309 g/mol. The van der Waals surface area contributed by atoms with Gasteiger partial charge in [-0.3, -0.25) is 14.4 Å². The van der Waals surface area contributed by atoms with Crippen LogP contribution in [0.5, 0.6) is 0 Å². The van der Waals surface area contributed by atoms with E-state index >= 15 is 0 Å². The van der Waals surface area contributed by atoms with Crippen LogP contribution in [-0.2, 0) is 9.59 Å². The van der Waals surface area contributed by atoms with E-state index in [0.29, 0.717) is 24.4 Å². The highest BCUT2D eigenvalue weighted by Gasteiger charge is 2.31. The normalized spacial score (nSPS) is 18.3. The van der Waals surface area contributed by atoms with Gasteiger partial charge >= 0.3 is 0 Å². The first kappa shape index (κ1) is 15.5. The molecule has 3 amide bonds. The van der Waals surface area contributed by atoms with Gasteiger partial charge in [0.1, 0.15) is 6.04 Å². The molecule has 0 aromatic carbocycles. The molecule has 1 aliphatic rings. The van der Waals surface area contributed by atoms with Gasteiger partial charge < -0.3 is 15.5 Å². The first-order valence-electron chi connectivity index (χ1n) is 6.94. The third-order valence-corrected chi connectivity index (χ3v) is 4.40. The predicted molar refractivity (Wildman–Crippen MR) is 80.2 cm³/mol. The summed E-state index contributed by atoms with van der Waals surface area (Å²) in [6, 6.07) is 3.17. The summed E-state index contributed by atoms with van der Waals surface area (Å²) in [4.78, 5) is 39.0. The summed E-state index contributed by atoms with van der Waals surface area (Å²) in [6.45, 7) is 4.64. The largest absolute Gasteiger partial charge is 0.353 e. The predicted octanol–water partition coefficient (Wildman–Crippen LogP) is 0.523. The summed E-state index contributed by atoms with van der Waals surface area (Å²) in [5.74, 6) is -0.605. The van der Waals surface area contributed by atoms with Crippen molar-refractivity contribution in [2.24, 2.45) is 0 Å².